The predicted octanol–water partition coefficient (Wildman–Crippen LogP) is 3.01. The van der Waals surface area contributed by atoms with Crippen LogP contribution in [-0.4, -0.2) is 54.7 Å². The van der Waals surface area contributed by atoms with Crippen LogP contribution in [0.25, 0.3) is 0 Å². The molecule has 30 heavy (non-hydrogen) atoms. The number of amides is 2. The lowest BCUT2D eigenvalue weighted by atomic mass is 10.1. The second-order valence-corrected chi connectivity index (χ2v) is 7.53. The summed E-state index contributed by atoms with van der Waals surface area (Å²) in [5.41, 5.74) is 2.08. The number of morpholine rings is 1. The summed E-state index contributed by atoms with van der Waals surface area (Å²) in [6.07, 6.45) is 0. The molecular formula is C21H22ClN3O4S. The van der Waals surface area contributed by atoms with Gasteiger partial charge < -0.3 is 19.7 Å². The number of nitrogens with one attached hydrogen (secondary N) is 2. The van der Waals surface area contributed by atoms with Crippen LogP contribution < -0.4 is 15.4 Å². The number of anilines is 1. The molecular weight excluding hydrogens is 426 g/mol. The van der Waals surface area contributed by atoms with Gasteiger partial charge in [0, 0.05) is 29.4 Å². The van der Waals surface area contributed by atoms with Crippen molar-refractivity contribution in [3.8, 4) is 5.75 Å². The van der Waals surface area contributed by atoms with Gasteiger partial charge >= 0.3 is 0 Å². The third kappa shape index (κ3) is 6.16. The molecule has 9 heteroatoms. The lowest BCUT2D eigenvalue weighted by Gasteiger charge is -2.26. The van der Waals surface area contributed by atoms with Gasteiger partial charge in [-0.2, -0.15) is 0 Å². The lowest BCUT2D eigenvalue weighted by molar-refractivity contribution is -0.121. The molecule has 7 nitrogen and oxygen atoms in total. The minimum absolute atomic E-state index is 0.0321. The Bertz CT molecular complexity index is 930. The summed E-state index contributed by atoms with van der Waals surface area (Å²) in [6, 6.07) is 12.1. The second-order valence-electron chi connectivity index (χ2n) is 6.68. The van der Waals surface area contributed by atoms with Gasteiger partial charge in [0.1, 0.15) is 5.75 Å². The van der Waals surface area contributed by atoms with Crippen molar-refractivity contribution in [3.63, 3.8) is 0 Å². The van der Waals surface area contributed by atoms with Crippen LogP contribution >= 0.6 is 23.8 Å². The van der Waals surface area contributed by atoms with Crippen LogP contribution in [0.15, 0.2) is 42.5 Å². The van der Waals surface area contributed by atoms with Gasteiger partial charge in [0.15, 0.2) is 11.7 Å². The fraction of sp³-hybridized carbons (Fsp3) is 0.286. The van der Waals surface area contributed by atoms with Gasteiger partial charge in [-0.15, -0.1) is 0 Å². The molecule has 0 aliphatic carbocycles. The number of hydrogen-bond acceptors (Lipinski definition) is 5. The highest BCUT2D eigenvalue weighted by Gasteiger charge is 2.18. The summed E-state index contributed by atoms with van der Waals surface area (Å²) >= 11 is 11.1. The van der Waals surface area contributed by atoms with Crippen LogP contribution in [0.3, 0.4) is 0 Å². The molecule has 0 spiro atoms. The minimum Gasteiger partial charge on any atom is -0.483 e. The monoisotopic (exact) mass is 447 g/mol. The Morgan fingerprint density at radius 3 is 2.53 bits per heavy atom. The van der Waals surface area contributed by atoms with Crippen molar-refractivity contribution in [1.29, 1.82) is 0 Å². The van der Waals surface area contributed by atoms with E-state index in [2.05, 4.69) is 10.6 Å². The molecule has 0 radical (unpaired) electrons. The zero-order valence-corrected chi connectivity index (χ0v) is 18.0. The van der Waals surface area contributed by atoms with Crippen molar-refractivity contribution in [2.75, 3.05) is 38.2 Å². The zero-order chi connectivity index (χ0) is 21.5. The molecule has 2 amide bonds. The Kier molecular flexibility index (Phi) is 7.62. The number of thiocarbonyl (C=S) groups is 1. The van der Waals surface area contributed by atoms with E-state index in [0.717, 1.165) is 5.56 Å². The Labute approximate surface area is 185 Å². The number of rotatable bonds is 5. The van der Waals surface area contributed by atoms with Crippen LogP contribution in [0.5, 0.6) is 5.75 Å². The van der Waals surface area contributed by atoms with Crippen molar-refractivity contribution >= 4 is 46.4 Å². The summed E-state index contributed by atoms with van der Waals surface area (Å²) in [4.78, 5) is 26.3. The van der Waals surface area contributed by atoms with E-state index in [1.807, 2.05) is 6.92 Å². The van der Waals surface area contributed by atoms with Gasteiger partial charge in [-0.05, 0) is 67.2 Å². The summed E-state index contributed by atoms with van der Waals surface area (Å²) in [5.74, 6) is 0.158. The fourth-order valence-corrected chi connectivity index (χ4v) is 3.35. The van der Waals surface area contributed by atoms with Gasteiger partial charge in [0.05, 0.1) is 13.2 Å². The molecule has 2 aromatic carbocycles. The third-order valence-electron chi connectivity index (χ3n) is 4.44. The number of benzene rings is 2. The van der Waals surface area contributed by atoms with E-state index < -0.39 is 0 Å². The van der Waals surface area contributed by atoms with Crippen molar-refractivity contribution in [2.45, 2.75) is 6.92 Å². The van der Waals surface area contributed by atoms with Gasteiger partial charge in [0.2, 0.25) is 0 Å². The van der Waals surface area contributed by atoms with E-state index in [4.69, 9.17) is 33.3 Å². The Morgan fingerprint density at radius 2 is 1.87 bits per heavy atom. The van der Waals surface area contributed by atoms with Gasteiger partial charge in [-0.3, -0.25) is 14.9 Å². The van der Waals surface area contributed by atoms with Crippen LogP contribution in [-0.2, 0) is 9.53 Å². The molecule has 0 bridgehead atoms. The van der Waals surface area contributed by atoms with E-state index in [9.17, 15) is 9.59 Å². The topological polar surface area (TPSA) is 79.9 Å². The van der Waals surface area contributed by atoms with Crippen LogP contribution in [0.1, 0.15) is 15.9 Å². The molecule has 1 aliphatic rings. The molecule has 1 heterocycles. The van der Waals surface area contributed by atoms with Crippen molar-refractivity contribution in [2.24, 2.45) is 0 Å². The highest BCUT2D eigenvalue weighted by Crippen LogP contribution is 2.21. The smallest absolute Gasteiger partial charge is 0.264 e. The zero-order valence-electron chi connectivity index (χ0n) is 16.4. The number of carbonyl (C=O) groups is 2. The first-order valence-corrected chi connectivity index (χ1v) is 10.2. The normalized spacial score (nSPS) is 13.5. The molecule has 1 aliphatic heterocycles. The summed E-state index contributed by atoms with van der Waals surface area (Å²) in [7, 11) is 0. The highest BCUT2D eigenvalue weighted by atomic mass is 35.5. The molecule has 1 fully saturated rings. The number of carbonyl (C=O) groups excluding carboxylic acids is 2. The van der Waals surface area contributed by atoms with Gasteiger partial charge in [-0.25, -0.2) is 0 Å². The Hall–Kier alpha value is -2.68. The first kappa shape index (κ1) is 22.0. The minimum atomic E-state index is -0.388. The molecule has 1 saturated heterocycles. The number of halogens is 1. The summed E-state index contributed by atoms with van der Waals surface area (Å²) in [5, 5.41) is 6.22. The number of ether oxygens (including phenoxy) is 2. The molecule has 3 rings (SSSR count). The lowest BCUT2D eigenvalue weighted by Crippen LogP contribution is -2.40. The molecule has 0 atom stereocenters. The predicted molar refractivity (Wildman–Crippen MR) is 119 cm³/mol. The van der Waals surface area contributed by atoms with Crippen molar-refractivity contribution in [1.82, 2.24) is 10.2 Å². The molecule has 158 valence electrons. The maximum Gasteiger partial charge on any atom is 0.264 e. The van der Waals surface area contributed by atoms with Crippen LogP contribution in [0.4, 0.5) is 5.69 Å². The summed E-state index contributed by atoms with van der Waals surface area (Å²) in [6.45, 7) is 3.95. The fourth-order valence-electron chi connectivity index (χ4n) is 2.89. The third-order valence-corrected chi connectivity index (χ3v) is 4.88. The first-order chi connectivity index (χ1) is 14.4. The average molecular weight is 448 g/mol. The number of nitrogens with zero attached hydrogens (tertiary/aromatic N) is 1. The van der Waals surface area contributed by atoms with Crippen molar-refractivity contribution in [3.05, 3.63) is 58.6 Å². The quantitative estimate of drug-likeness (QED) is 0.686. The van der Waals surface area contributed by atoms with E-state index in [1.54, 1.807) is 47.4 Å². The molecule has 0 unspecified atom stereocenters. The molecule has 2 aromatic rings. The maximum atomic E-state index is 12.5. The highest BCUT2D eigenvalue weighted by molar-refractivity contribution is 7.80. The van der Waals surface area contributed by atoms with E-state index in [-0.39, 0.29) is 23.5 Å². The van der Waals surface area contributed by atoms with Gasteiger partial charge in [-0.1, -0.05) is 11.6 Å². The Balaban J connectivity index is 1.47. The van der Waals surface area contributed by atoms with Crippen LogP contribution in [0, 0.1) is 6.92 Å². The standard InChI is InChI=1S/C21H22ClN3O4S/c1-14-12-16(22)4-7-18(14)29-13-19(26)24-21(30)23-17-5-2-15(3-6-17)20(27)25-8-10-28-11-9-25/h2-7,12H,8-11,13H2,1H3,(H2,23,24,26,30). The van der Waals surface area contributed by atoms with Crippen LogP contribution in [0.2, 0.25) is 5.02 Å². The maximum absolute atomic E-state index is 12.5. The SMILES string of the molecule is Cc1cc(Cl)ccc1OCC(=O)NC(=S)Nc1ccc(C(=O)N2CCOCC2)cc1. The number of aryl methyl sites for hydroxylation is 1. The molecule has 2 N–H and O–H groups in total. The number of hydrogen-bond donors (Lipinski definition) is 2. The van der Waals surface area contributed by atoms with Crippen molar-refractivity contribution < 1.29 is 19.1 Å². The second kappa shape index (κ2) is 10.4. The largest absolute Gasteiger partial charge is 0.483 e. The van der Waals surface area contributed by atoms with Gasteiger partial charge in [0.25, 0.3) is 11.8 Å². The molecule has 0 saturated carbocycles. The van der Waals surface area contributed by atoms with E-state index in [0.29, 0.717) is 48.3 Å². The first-order valence-electron chi connectivity index (χ1n) is 9.39. The Morgan fingerprint density at radius 1 is 1.17 bits per heavy atom. The van der Waals surface area contributed by atoms with E-state index in [1.165, 1.54) is 0 Å². The average Bonchev–Trinajstić information content (AvgIpc) is 2.73. The summed E-state index contributed by atoms with van der Waals surface area (Å²) < 4.78 is 10.8. The van der Waals surface area contributed by atoms with E-state index >= 15 is 0 Å². The molecule has 0 aromatic heterocycles.